The molecule has 6 nitrogen and oxygen atoms in total. The minimum atomic E-state index is -0.289. The molecule has 0 unspecified atom stereocenters. The van der Waals surface area contributed by atoms with Crippen LogP contribution in [0.25, 0.3) is 0 Å². The third kappa shape index (κ3) is 7.51. The van der Waals surface area contributed by atoms with Crippen molar-refractivity contribution in [3.63, 3.8) is 0 Å². The van der Waals surface area contributed by atoms with Gasteiger partial charge in [-0.15, -0.1) is 0 Å². The zero-order valence-electron chi connectivity index (χ0n) is 15.0. The number of carbonyl (C=O) groups is 1. The Morgan fingerprint density at radius 2 is 1.92 bits per heavy atom. The molecule has 0 aliphatic heterocycles. The third-order valence-electron chi connectivity index (χ3n) is 3.00. The van der Waals surface area contributed by atoms with E-state index in [1.165, 1.54) is 0 Å². The van der Waals surface area contributed by atoms with Crippen LogP contribution >= 0.6 is 15.9 Å². The van der Waals surface area contributed by atoms with Crippen molar-refractivity contribution in [3.8, 4) is 11.5 Å². The number of amides is 1. The molecule has 1 aromatic carbocycles. The first-order chi connectivity index (χ1) is 11.3. The smallest absolute Gasteiger partial charge is 0.258 e. The molecule has 0 aliphatic rings. The van der Waals surface area contributed by atoms with Gasteiger partial charge in [-0.05, 0) is 38.5 Å². The normalized spacial score (nSPS) is 11.2. The zero-order chi connectivity index (χ0) is 18.2. The fraction of sp³-hybridized carbons (Fsp3) is 0.588. The molecule has 1 rings (SSSR count). The van der Waals surface area contributed by atoms with Gasteiger partial charge in [0.25, 0.3) is 5.91 Å². The van der Waals surface area contributed by atoms with E-state index in [0.29, 0.717) is 24.7 Å². The van der Waals surface area contributed by atoms with E-state index < -0.39 is 0 Å². The molecule has 24 heavy (non-hydrogen) atoms. The summed E-state index contributed by atoms with van der Waals surface area (Å²) in [5, 5.41) is 6.13. The van der Waals surface area contributed by atoms with Crippen LogP contribution in [0.1, 0.15) is 26.3 Å². The number of benzene rings is 1. The van der Waals surface area contributed by atoms with Crippen LogP contribution < -0.4 is 20.1 Å². The van der Waals surface area contributed by atoms with Crippen molar-refractivity contribution in [1.29, 1.82) is 0 Å². The molecule has 0 atom stereocenters. The van der Waals surface area contributed by atoms with E-state index >= 15 is 0 Å². The lowest BCUT2D eigenvalue weighted by Crippen LogP contribution is -2.43. The molecule has 1 amide bonds. The molecule has 0 spiro atoms. The van der Waals surface area contributed by atoms with Gasteiger partial charge in [0.1, 0.15) is 0 Å². The highest BCUT2D eigenvalue weighted by Crippen LogP contribution is 2.33. The summed E-state index contributed by atoms with van der Waals surface area (Å²) in [5.74, 6) is 0.936. The summed E-state index contributed by atoms with van der Waals surface area (Å²) in [7, 11) is 3.25. The van der Waals surface area contributed by atoms with Crippen LogP contribution in [0.4, 0.5) is 0 Å². The van der Waals surface area contributed by atoms with Crippen molar-refractivity contribution in [2.75, 3.05) is 34.0 Å². The van der Waals surface area contributed by atoms with Crippen molar-refractivity contribution >= 4 is 21.8 Å². The fourth-order valence-corrected chi connectivity index (χ4v) is 2.44. The Morgan fingerprint density at radius 1 is 1.21 bits per heavy atom. The van der Waals surface area contributed by atoms with Gasteiger partial charge in [-0.2, -0.15) is 0 Å². The third-order valence-corrected chi connectivity index (χ3v) is 3.74. The highest BCUT2D eigenvalue weighted by atomic mass is 79.9. The quantitative estimate of drug-likeness (QED) is 0.621. The maximum atomic E-state index is 11.9. The Kier molecular flexibility index (Phi) is 8.52. The molecule has 0 radical (unpaired) electrons. The molecule has 0 heterocycles. The standard InChI is InChI=1S/C17H27BrN2O4/c1-17(2,3)20-16(21)11-24-15-9-13(18)12(8-14(15)23-5)10-19-6-7-22-4/h8-9,19H,6-7,10-11H2,1-5H3,(H,20,21). The Balaban J connectivity index is 2.71. The molecule has 7 heteroatoms. The number of halogens is 1. The summed E-state index contributed by atoms with van der Waals surface area (Å²) < 4.78 is 16.9. The van der Waals surface area contributed by atoms with Gasteiger partial charge in [-0.1, -0.05) is 15.9 Å². The molecule has 0 saturated heterocycles. The van der Waals surface area contributed by atoms with E-state index in [-0.39, 0.29) is 18.1 Å². The van der Waals surface area contributed by atoms with E-state index in [9.17, 15) is 4.79 Å². The average Bonchev–Trinajstić information content (AvgIpc) is 2.49. The molecule has 0 aromatic heterocycles. The number of rotatable bonds is 9. The van der Waals surface area contributed by atoms with Crippen LogP contribution in [0.15, 0.2) is 16.6 Å². The molecular formula is C17H27BrN2O4. The first kappa shape index (κ1) is 20.7. The topological polar surface area (TPSA) is 68.8 Å². The van der Waals surface area contributed by atoms with Gasteiger partial charge in [-0.3, -0.25) is 4.79 Å². The first-order valence-electron chi connectivity index (χ1n) is 7.76. The van der Waals surface area contributed by atoms with Crippen molar-refractivity contribution in [2.45, 2.75) is 32.9 Å². The van der Waals surface area contributed by atoms with E-state index in [2.05, 4.69) is 26.6 Å². The number of hydrogen-bond donors (Lipinski definition) is 2. The molecule has 0 saturated carbocycles. The lowest BCUT2D eigenvalue weighted by Gasteiger charge is -2.21. The number of nitrogens with one attached hydrogen (secondary N) is 2. The molecule has 0 aliphatic carbocycles. The van der Waals surface area contributed by atoms with Crippen LogP contribution in [-0.2, 0) is 16.1 Å². The highest BCUT2D eigenvalue weighted by Gasteiger charge is 2.16. The van der Waals surface area contributed by atoms with E-state index in [4.69, 9.17) is 14.2 Å². The number of hydrogen-bond acceptors (Lipinski definition) is 5. The molecule has 0 fully saturated rings. The summed E-state index contributed by atoms with van der Waals surface area (Å²) in [5.41, 5.74) is 0.748. The van der Waals surface area contributed by atoms with Crippen LogP contribution in [0.3, 0.4) is 0 Å². The Morgan fingerprint density at radius 3 is 2.50 bits per heavy atom. The van der Waals surface area contributed by atoms with Gasteiger partial charge in [0.05, 0.1) is 13.7 Å². The maximum Gasteiger partial charge on any atom is 0.258 e. The summed E-state index contributed by atoms with van der Waals surface area (Å²) in [6, 6.07) is 3.71. The second-order valence-electron chi connectivity index (χ2n) is 6.35. The average molecular weight is 403 g/mol. The van der Waals surface area contributed by atoms with Gasteiger partial charge in [0.2, 0.25) is 0 Å². The van der Waals surface area contributed by atoms with Crippen molar-refractivity contribution in [1.82, 2.24) is 10.6 Å². The summed E-state index contributed by atoms with van der Waals surface area (Å²) in [4.78, 5) is 11.9. The Hall–Kier alpha value is -1.31. The molecule has 0 bridgehead atoms. The number of methoxy groups -OCH3 is 2. The SMILES string of the molecule is COCCNCc1cc(OC)c(OCC(=O)NC(C)(C)C)cc1Br. The fourth-order valence-electron chi connectivity index (χ4n) is 1.98. The highest BCUT2D eigenvalue weighted by molar-refractivity contribution is 9.10. The van der Waals surface area contributed by atoms with Gasteiger partial charge in [-0.25, -0.2) is 0 Å². The first-order valence-corrected chi connectivity index (χ1v) is 8.56. The lowest BCUT2D eigenvalue weighted by atomic mass is 10.1. The largest absolute Gasteiger partial charge is 0.493 e. The lowest BCUT2D eigenvalue weighted by molar-refractivity contribution is -0.124. The van der Waals surface area contributed by atoms with Crippen molar-refractivity contribution in [2.24, 2.45) is 0 Å². The Labute approximate surface area is 152 Å². The molecule has 1 aromatic rings. The zero-order valence-corrected chi connectivity index (χ0v) is 16.6. The minimum absolute atomic E-state index is 0.0640. The molecule has 136 valence electrons. The number of ether oxygens (including phenoxy) is 3. The van der Waals surface area contributed by atoms with Gasteiger partial charge in [0, 0.05) is 30.2 Å². The van der Waals surface area contributed by atoms with Gasteiger partial charge in [0.15, 0.2) is 18.1 Å². The molecular weight excluding hydrogens is 376 g/mol. The van der Waals surface area contributed by atoms with Gasteiger partial charge >= 0.3 is 0 Å². The predicted octanol–water partition coefficient (Wildman–Crippen LogP) is 2.49. The second-order valence-corrected chi connectivity index (χ2v) is 7.21. The Bertz CT molecular complexity index is 544. The second kappa shape index (κ2) is 9.86. The van der Waals surface area contributed by atoms with E-state index in [1.54, 1.807) is 14.2 Å². The maximum absolute atomic E-state index is 11.9. The molecule has 2 N–H and O–H groups in total. The van der Waals surface area contributed by atoms with Gasteiger partial charge < -0.3 is 24.8 Å². The number of carbonyl (C=O) groups excluding carboxylic acids is 1. The monoisotopic (exact) mass is 402 g/mol. The van der Waals surface area contributed by atoms with Crippen LogP contribution in [0.2, 0.25) is 0 Å². The minimum Gasteiger partial charge on any atom is -0.493 e. The van der Waals surface area contributed by atoms with E-state index in [1.807, 2.05) is 32.9 Å². The summed E-state index contributed by atoms with van der Waals surface area (Å²) >= 11 is 3.53. The van der Waals surface area contributed by atoms with Crippen LogP contribution in [-0.4, -0.2) is 45.4 Å². The predicted molar refractivity (Wildman–Crippen MR) is 97.7 cm³/mol. The van der Waals surface area contributed by atoms with Crippen molar-refractivity contribution in [3.05, 3.63) is 22.2 Å². The summed E-state index contributed by atoms with van der Waals surface area (Å²) in [6.07, 6.45) is 0. The van der Waals surface area contributed by atoms with Crippen LogP contribution in [0, 0.1) is 0 Å². The van der Waals surface area contributed by atoms with Crippen LogP contribution in [0.5, 0.6) is 11.5 Å². The van der Waals surface area contributed by atoms with Crippen molar-refractivity contribution < 1.29 is 19.0 Å². The van der Waals surface area contributed by atoms with E-state index in [0.717, 1.165) is 16.6 Å². The summed E-state index contributed by atoms with van der Waals surface area (Å²) in [6.45, 7) is 7.79.